The number of benzene rings is 1. The first-order valence-corrected chi connectivity index (χ1v) is 12.6. The van der Waals surface area contributed by atoms with Crippen LogP contribution in [0.3, 0.4) is 0 Å². The van der Waals surface area contributed by atoms with Gasteiger partial charge >= 0.3 is 0 Å². The maximum atomic E-state index is 13.2. The molecule has 2 aliphatic rings. The summed E-state index contributed by atoms with van der Waals surface area (Å²) in [7, 11) is -3.06. The predicted molar refractivity (Wildman–Crippen MR) is 119 cm³/mol. The van der Waals surface area contributed by atoms with Crippen molar-refractivity contribution in [1.82, 2.24) is 14.8 Å². The van der Waals surface area contributed by atoms with Crippen LogP contribution in [0, 0.1) is 6.92 Å². The number of aryl methyl sites for hydroxylation is 1. The van der Waals surface area contributed by atoms with Crippen LogP contribution in [0.4, 0.5) is 5.69 Å². The number of fused-ring (bicyclic) bond motifs is 1. The van der Waals surface area contributed by atoms with Crippen LogP contribution >= 0.6 is 15.9 Å². The molecule has 1 amide bonds. The van der Waals surface area contributed by atoms with Crippen molar-refractivity contribution in [1.29, 1.82) is 0 Å². The number of carbonyl (C=O) groups excluding carboxylic acids is 1. The summed E-state index contributed by atoms with van der Waals surface area (Å²) in [6.07, 6.45) is 2.62. The minimum absolute atomic E-state index is 0.0676. The summed E-state index contributed by atoms with van der Waals surface area (Å²) in [4.78, 5) is 18.1. The van der Waals surface area contributed by atoms with Crippen LogP contribution < -0.4 is 5.32 Å². The molecule has 1 aromatic carbocycles. The monoisotopic (exact) mass is 488 g/mol. The fourth-order valence-corrected chi connectivity index (χ4v) is 6.18. The third-order valence-electron chi connectivity index (χ3n) is 5.73. The van der Waals surface area contributed by atoms with Gasteiger partial charge in [-0.25, -0.2) is 18.1 Å². The second kappa shape index (κ2) is 7.16. The molecule has 1 N–H and O–H groups in total. The number of carbonyl (C=O) groups is 1. The molecular weight excluding hydrogens is 468 g/mol. The molecule has 2 aromatic heterocycles. The summed E-state index contributed by atoms with van der Waals surface area (Å²) in [5.41, 5.74) is 3.40. The van der Waals surface area contributed by atoms with Crippen molar-refractivity contribution in [3.05, 3.63) is 51.8 Å². The molecule has 1 saturated heterocycles. The molecule has 7 nitrogen and oxygen atoms in total. The molecule has 0 spiro atoms. The summed E-state index contributed by atoms with van der Waals surface area (Å²) >= 11 is 3.43. The Bertz CT molecular complexity index is 1280. The summed E-state index contributed by atoms with van der Waals surface area (Å²) in [5, 5.41) is 8.28. The highest BCUT2D eigenvalue weighted by Crippen LogP contribution is 2.41. The predicted octanol–water partition coefficient (Wildman–Crippen LogP) is 3.99. The lowest BCUT2D eigenvalue weighted by Gasteiger charge is -2.12. The van der Waals surface area contributed by atoms with Gasteiger partial charge in [-0.3, -0.25) is 4.79 Å². The van der Waals surface area contributed by atoms with Gasteiger partial charge in [0.1, 0.15) is 0 Å². The summed E-state index contributed by atoms with van der Waals surface area (Å²) in [6, 6.07) is 9.07. The highest BCUT2D eigenvalue weighted by atomic mass is 79.9. The van der Waals surface area contributed by atoms with Crippen LogP contribution in [-0.2, 0) is 9.84 Å². The largest absolute Gasteiger partial charge is 0.322 e. The number of anilines is 1. The van der Waals surface area contributed by atoms with E-state index >= 15 is 0 Å². The quantitative estimate of drug-likeness (QED) is 0.598. The van der Waals surface area contributed by atoms with Gasteiger partial charge in [0.05, 0.1) is 34.2 Å². The fourth-order valence-electron chi connectivity index (χ4n) is 4.09. The van der Waals surface area contributed by atoms with Crippen molar-refractivity contribution in [2.45, 2.75) is 38.1 Å². The molecule has 9 heteroatoms. The van der Waals surface area contributed by atoms with Crippen LogP contribution in [0.25, 0.3) is 11.0 Å². The number of sulfone groups is 1. The first-order chi connectivity index (χ1) is 14.3. The van der Waals surface area contributed by atoms with Gasteiger partial charge in [0.25, 0.3) is 5.91 Å². The number of hydrogen-bond acceptors (Lipinski definition) is 5. The maximum absolute atomic E-state index is 13.2. The van der Waals surface area contributed by atoms with E-state index in [2.05, 4.69) is 26.3 Å². The molecule has 1 aliphatic carbocycles. The molecule has 3 heterocycles. The van der Waals surface area contributed by atoms with Crippen molar-refractivity contribution in [2.24, 2.45) is 0 Å². The van der Waals surface area contributed by atoms with E-state index in [1.54, 1.807) is 4.68 Å². The van der Waals surface area contributed by atoms with Crippen LogP contribution in [0.5, 0.6) is 0 Å². The minimum atomic E-state index is -3.06. The van der Waals surface area contributed by atoms with Gasteiger partial charge in [0.15, 0.2) is 15.5 Å². The Balaban J connectivity index is 1.61. The van der Waals surface area contributed by atoms with Gasteiger partial charge in [-0.1, -0.05) is 22.0 Å². The van der Waals surface area contributed by atoms with Crippen molar-refractivity contribution in [2.75, 3.05) is 16.8 Å². The summed E-state index contributed by atoms with van der Waals surface area (Å²) < 4.78 is 26.7. The number of pyridine rings is 1. The third-order valence-corrected chi connectivity index (χ3v) is 7.98. The zero-order valence-corrected chi connectivity index (χ0v) is 18.8. The van der Waals surface area contributed by atoms with Gasteiger partial charge in [0.2, 0.25) is 0 Å². The van der Waals surface area contributed by atoms with E-state index in [4.69, 9.17) is 4.98 Å². The van der Waals surface area contributed by atoms with Crippen molar-refractivity contribution in [3.63, 3.8) is 0 Å². The maximum Gasteiger partial charge on any atom is 0.256 e. The van der Waals surface area contributed by atoms with Crippen LogP contribution in [0.15, 0.2) is 34.8 Å². The Morgan fingerprint density at radius 3 is 2.70 bits per heavy atom. The number of amides is 1. The van der Waals surface area contributed by atoms with Gasteiger partial charge in [-0.15, -0.1) is 0 Å². The number of halogens is 1. The first-order valence-electron chi connectivity index (χ1n) is 9.98. The lowest BCUT2D eigenvalue weighted by atomic mass is 10.1. The zero-order chi connectivity index (χ0) is 21.0. The van der Waals surface area contributed by atoms with Gasteiger partial charge < -0.3 is 5.32 Å². The van der Waals surface area contributed by atoms with Crippen LogP contribution in [0.2, 0.25) is 0 Å². The van der Waals surface area contributed by atoms with E-state index in [-0.39, 0.29) is 23.5 Å². The van der Waals surface area contributed by atoms with Crippen molar-refractivity contribution < 1.29 is 13.2 Å². The number of hydrogen-bond donors (Lipinski definition) is 1. The second-order valence-corrected chi connectivity index (χ2v) is 11.3. The molecule has 5 rings (SSSR count). The smallest absolute Gasteiger partial charge is 0.256 e. The topological polar surface area (TPSA) is 93.9 Å². The second-order valence-electron chi connectivity index (χ2n) is 8.12. The third kappa shape index (κ3) is 3.65. The Kier molecular flexibility index (Phi) is 4.70. The molecule has 1 atom stereocenters. The van der Waals surface area contributed by atoms with Gasteiger partial charge in [-0.2, -0.15) is 5.10 Å². The Labute approximate surface area is 182 Å². The number of nitrogens with one attached hydrogen (secondary N) is 1. The zero-order valence-electron chi connectivity index (χ0n) is 16.4. The number of aromatic nitrogens is 3. The van der Waals surface area contributed by atoms with E-state index in [1.807, 2.05) is 37.3 Å². The van der Waals surface area contributed by atoms with Gasteiger partial charge in [0, 0.05) is 21.8 Å². The first kappa shape index (κ1) is 19.7. The van der Waals surface area contributed by atoms with E-state index in [1.165, 1.54) is 0 Å². The standard InChI is InChI=1S/C21H21BrN4O3S/c1-12-19-17(21(27)23-15-4-2-3-14(22)9-15)10-18(13-5-6-13)24-20(19)26(25-12)16-7-8-30(28,29)11-16/h2-4,9-10,13,16H,5-8,11H2,1H3,(H,23,27). The minimum Gasteiger partial charge on any atom is -0.322 e. The van der Waals surface area contributed by atoms with E-state index in [9.17, 15) is 13.2 Å². The average Bonchev–Trinajstić information content (AvgIpc) is 3.41. The normalized spacial score (nSPS) is 20.5. The highest BCUT2D eigenvalue weighted by Gasteiger charge is 2.34. The highest BCUT2D eigenvalue weighted by molar-refractivity contribution is 9.10. The lowest BCUT2D eigenvalue weighted by Crippen LogP contribution is -2.15. The van der Waals surface area contributed by atoms with Crippen LogP contribution in [-0.4, -0.2) is 40.6 Å². The van der Waals surface area contributed by atoms with Crippen molar-refractivity contribution in [3.8, 4) is 0 Å². The molecule has 1 saturated carbocycles. The Morgan fingerprint density at radius 1 is 1.23 bits per heavy atom. The Morgan fingerprint density at radius 2 is 2.03 bits per heavy atom. The average molecular weight is 489 g/mol. The lowest BCUT2D eigenvalue weighted by molar-refractivity contribution is 0.102. The molecule has 3 aromatic rings. The molecule has 1 aliphatic heterocycles. The summed E-state index contributed by atoms with van der Waals surface area (Å²) in [6.45, 7) is 1.84. The molecule has 2 fully saturated rings. The molecule has 156 valence electrons. The molecule has 1 unspecified atom stereocenters. The van der Waals surface area contributed by atoms with Crippen molar-refractivity contribution >= 4 is 48.4 Å². The van der Waals surface area contributed by atoms with E-state index in [0.29, 0.717) is 40.3 Å². The number of rotatable bonds is 4. The number of nitrogens with zero attached hydrogens (tertiary/aromatic N) is 3. The molecule has 0 bridgehead atoms. The van der Waals surface area contributed by atoms with E-state index in [0.717, 1.165) is 23.0 Å². The molecule has 30 heavy (non-hydrogen) atoms. The molecule has 0 radical (unpaired) electrons. The van der Waals surface area contributed by atoms with Gasteiger partial charge in [-0.05, 0) is 50.5 Å². The SMILES string of the molecule is Cc1nn(C2CCS(=O)(=O)C2)c2nc(C3CC3)cc(C(=O)Nc3cccc(Br)c3)c12. The summed E-state index contributed by atoms with van der Waals surface area (Å²) in [5.74, 6) is 0.362. The Hall–Kier alpha value is -2.26. The van der Waals surface area contributed by atoms with E-state index < -0.39 is 9.84 Å². The fraction of sp³-hybridized carbons (Fsp3) is 0.381. The van der Waals surface area contributed by atoms with Crippen LogP contribution in [0.1, 0.15) is 53.0 Å². The molecular formula is C21H21BrN4O3S.